The average molecular weight is 370 g/mol. The highest BCUT2D eigenvalue weighted by molar-refractivity contribution is 7.90. The maximum Gasteiger partial charge on any atom is 0.160 e. The molecule has 0 fully saturated rings. The molecule has 1 N–H and O–H groups in total. The van der Waals surface area contributed by atoms with Crippen LogP contribution in [0.5, 0.6) is 0 Å². The zero-order valence-corrected chi connectivity index (χ0v) is 16.6. The monoisotopic (exact) mass is 369 g/mol. The molecule has 0 spiro atoms. The van der Waals surface area contributed by atoms with E-state index in [2.05, 4.69) is 42.6 Å². The molecule has 0 aromatic carbocycles. The Hall–Kier alpha value is -1.21. The zero-order valence-electron chi connectivity index (χ0n) is 15.8. The van der Waals surface area contributed by atoms with Gasteiger partial charge in [-0.1, -0.05) is 34.1 Å². The third-order valence-electron chi connectivity index (χ3n) is 4.73. The summed E-state index contributed by atoms with van der Waals surface area (Å²) in [7, 11) is -3.14. The van der Waals surface area contributed by atoms with Crippen molar-refractivity contribution >= 4 is 15.7 Å². The highest BCUT2D eigenvalue weighted by Gasteiger charge is 2.33. The van der Waals surface area contributed by atoms with E-state index in [0.29, 0.717) is 29.5 Å². The molecule has 6 nitrogen and oxygen atoms in total. The summed E-state index contributed by atoms with van der Waals surface area (Å²) >= 11 is 0. The van der Waals surface area contributed by atoms with Crippen molar-refractivity contribution in [1.82, 2.24) is 9.97 Å². The number of hydrogen-bond acceptors (Lipinski definition) is 6. The summed E-state index contributed by atoms with van der Waals surface area (Å²) in [6.45, 7) is 10.1. The summed E-state index contributed by atoms with van der Waals surface area (Å²) in [5.41, 5.74) is 1.40. The van der Waals surface area contributed by atoms with Crippen molar-refractivity contribution in [2.24, 2.45) is 11.3 Å². The normalized spacial score (nSPS) is 18.2. The van der Waals surface area contributed by atoms with Gasteiger partial charge in [0.2, 0.25) is 0 Å². The molecule has 0 saturated carbocycles. The summed E-state index contributed by atoms with van der Waals surface area (Å²) in [4.78, 5) is 10.6. The summed E-state index contributed by atoms with van der Waals surface area (Å²) in [5, 5.41) is 9.55. The van der Waals surface area contributed by atoms with Gasteiger partial charge in [0.15, 0.2) is 9.84 Å². The van der Waals surface area contributed by atoms with Crippen LogP contribution in [0.4, 0.5) is 5.82 Å². The minimum Gasteiger partial charge on any atom is -0.395 e. The number of nitrogens with zero attached hydrogens (tertiary/aromatic N) is 3. The van der Waals surface area contributed by atoms with E-state index in [1.165, 1.54) is 6.33 Å². The second-order valence-electron chi connectivity index (χ2n) is 7.96. The van der Waals surface area contributed by atoms with E-state index >= 15 is 0 Å². The number of sulfone groups is 1. The molecule has 0 amide bonds. The van der Waals surface area contributed by atoms with Gasteiger partial charge < -0.3 is 10.0 Å². The van der Waals surface area contributed by atoms with Gasteiger partial charge in [-0.2, -0.15) is 0 Å². The van der Waals surface area contributed by atoms with Gasteiger partial charge in [0.1, 0.15) is 12.1 Å². The fourth-order valence-electron chi connectivity index (χ4n) is 4.14. The van der Waals surface area contributed by atoms with Crippen molar-refractivity contribution in [3.63, 3.8) is 0 Å². The second kappa shape index (κ2) is 7.99. The molecule has 1 unspecified atom stereocenters. The molecular formula is C18H31N3O3S. The quantitative estimate of drug-likeness (QED) is 0.720. The van der Waals surface area contributed by atoms with Crippen LogP contribution in [-0.4, -0.2) is 43.2 Å². The number of fused-ring (bicyclic) bond motifs is 1. The largest absolute Gasteiger partial charge is 0.395 e. The molecule has 0 saturated heterocycles. The smallest absolute Gasteiger partial charge is 0.160 e. The first-order chi connectivity index (χ1) is 11.7. The van der Waals surface area contributed by atoms with Crippen LogP contribution in [0.25, 0.3) is 0 Å². The van der Waals surface area contributed by atoms with Crippen molar-refractivity contribution in [2.75, 3.05) is 24.6 Å². The number of aliphatic hydroxyl groups is 1. The van der Waals surface area contributed by atoms with Gasteiger partial charge in [-0.3, -0.25) is 0 Å². The molecule has 0 radical (unpaired) electrons. The van der Waals surface area contributed by atoms with Crippen molar-refractivity contribution < 1.29 is 13.5 Å². The van der Waals surface area contributed by atoms with E-state index in [-0.39, 0.29) is 23.5 Å². The average Bonchev–Trinajstić information content (AvgIpc) is 2.79. The van der Waals surface area contributed by atoms with Gasteiger partial charge in [-0.05, 0) is 24.2 Å². The molecule has 0 aliphatic carbocycles. The minimum atomic E-state index is -3.14. The standard InChI is InChI=1S/C18H31N3O3S/c1-5-6-18(4,9-14(2)3)12-21(7-8-22)17-15-10-25(23,24)11-16(15)19-13-20-17/h13-14,22H,5-12H2,1-4H3. The molecule has 1 atom stereocenters. The molecule has 0 bridgehead atoms. The Labute approximate surface area is 151 Å². The lowest BCUT2D eigenvalue weighted by molar-refractivity contribution is 0.228. The topological polar surface area (TPSA) is 83.4 Å². The van der Waals surface area contributed by atoms with Crippen LogP contribution in [0, 0.1) is 11.3 Å². The van der Waals surface area contributed by atoms with E-state index in [1.54, 1.807) is 0 Å². The molecule has 1 aromatic rings. The van der Waals surface area contributed by atoms with Crippen molar-refractivity contribution in [3.8, 4) is 0 Å². The molecule has 2 heterocycles. The Balaban J connectivity index is 2.35. The molecule has 142 valence electrons. The Bertz CT molecular complexity index is 691. The van der Waals surface area contributed by atoms with E-state index in [1.807, 2.05) is 0 Å². The lowest BCUT2D eigenvalue weighted by atomic mass is 9.78. The number of aliphatic hydroxyl groups excluding tert-OH is 1. The number of rotatable bonds is 9. The third kappa shape index (κ3) is 5.14. The Morgan fingerprint density at radius 1 is 1.32 bits per heavy atom. The van der Waals surface area contributed by atoms with Gasteiger partial charge in [0, 0.05) is 18.7 Å². The molecule has 7 heteroatoms. The van der Waals surface area contributed by atoms with E-state index < -0.39 is 9.84 Å². The van der Waals surface area contributed by atoms with E-state index in [0.717, 1.165) is 25.8 Å². The van der Waals surface area contributed by atoms with Crippen LogP contribution in [-0.2, 0) is 21.3 Å². The molecule has 25 heavy (non-hydrogen) atoms. The van der Waals surface area contributed by atoms with Gasteiger partial charge in [-0.15, -0.1) is 0 Å². The van der Waals surface area contributed by atoms with Crippen LogP contribution in [0.1, 0.15) is 58.2 Å². The third-order valence-corrected chi connectivity index (χ3v) is 6.17. The Kier molecular flexibility index (Phi) is 6.43. The molecule has 1 aliphatic rings. The van der Waals surface area contributed by atoms with E-state index in [9.17, 15) is 13.5 Å². The van der Waals surface area contributed by atoms with Gasteiger partial charge >= 0.3 is 0 Å². The highest BCUT2D eigenvalue weighted by atomic mass is 32.2. The summed E-state index contributed by atoms with van der Waals surface area (Å²) in [5.74, 6) is 1.23. The summed E-state index contributed by atoms with van der Waals surface area (Å²) in [6, 6.07) is 0. The predicted molar refractivity (Wildman–Crippen MR) is 100 cm³/mol. The number of aromatic nitrogens is 2. The maximum atomic E-state index is 12.0. The lowest BCUT2D eigenvalue weighted by Crippen LogP contribution is -2.39. The van der Waals surface area contributed by atoms with Crippen molar-refractivity contribution in [1.29, 1.82) is 0 Å². The number of anilines is 1. The second-order valence-corrected chi connectivity index (χ2v) is 10.0. The summed E-state index contributed by atoms with van der Waals surface area (Å²) < 4.78 is 24.0. The van der Waals surface area contributed by atoms with Gasteiger partial charge in [-0.25, -0.2) is 18.4 Å². The first-order valence-electron chi connectivity index (χ1n) is 9.08. The van der Waals surface area contributed by atoms with Crippen LogP contribution in [0.15, 0.2) is 6.33 Å². The Morgan fingerprint density at radius 3 is 2.64 bits per heavy atom. The maximum absolute atomic E-state index is 12.0. The lowest BCUT2D eigenvalue weighted by Gasteiger charge is -2.37. The fraction of sp³-hybridized carbons (Fsp3) is 0.778. The fourth-order valence-corrected chi connectivity index (χ4v) is 5.64. The highest BCUT2D eigenvalue weighted by Crippen LogP contribution is 2.36. The van der Waals surface area contributed by atoms with Crippen LogP contribution < -0.4 is 4.90 Å². The minimum absolute atomic E-state index is 0.00485. The summed E-state index contributed by atoms with van der Waals surface area (Å²) in [6.07, 6.45) is 4.69. The SMILES string of the molecule is CCCC(C)(CC(C)C)CN(CCO)c1ncnc2c1CS(=O)(=O)C2. The van der Waals surface area contributed by atoms with Crippen molar-refractivity contribution in [2.45, 2.75) is 58.5 Å². The van der Waals surface area contributed by atoms with Gasteiger partial charge in [0.25, 0.3) is 0 Å². The van der Waals surface area contributed by atoms with E-state index in [4.69, 9.17) is 0 Å². The Morgan fingerprint density at radius 2 is 2.04 bits per heavy atom. The van der Waals surface area contributed by atoms with Crippen LogP contribution >= 0.6 is 0 Å². The van der Waals surface area contributed by atoms with Crippen LogP contribution in [0.3, 0.4) is 0 Å². The van der Waals surface area contributed by atoms with Crippen LogP contribution in [0.2, 0.25) is 0 Å². The molecule has 2 rings (SSSR count). The van der Waals surface area contributed by atoms with Gasteiger partial charge in [0.05, 0.1) is 23.8 Å². The molecule has 1 aromatic heterocycles. The first kappa shape index (κ1) is 20.1. The zero-order chi connectivity index (χ0) is 18.7. The molecular weight excluding hydrogens is 338 g/mol. The molecule has 1 aliphatic heterocycles. The first-order valence-corrected chi connectivity index (χ1v) is 10.9. The van der Waals surface area contributed by atoms with Crippen molar-refractivity contribution in [3.05, 3.63) is 17.6 Å². The predicted octanol–water partition coefficient (Wildman–Crippen LogP) is 2.56. The number of hydrogen-bond donors (Lipinski definition) is 1.